The van der Waals surface area contributed by atoms with Crippen molar-refractivity contribution in [1.29, 1.82) is 0 Å². The van der Waals surface area contributed by atoms with Crippen LogP contribution in [0.25, 0.3) is 0 Å². The van der Waals surface area contributed by atoms with E-state index in [1.54, 1.807) is 0 Å². The maximum absolute atomic E-state index is 12.0. The Morgan fingerprint density at radius 1 is 1.15 bits per heavy atom. The van der Waals surface area contributed by atoms with Gasteiger partial charge in [0, 0.05) is 43.1 Å². The van der Waals surface area contributed by atoms with E-state index >= 15 is 0 Å². The number of ketones is 2. The van der Waals surface area contributed by atoms with E-state index in [9.17, 15) is 9.59 Å². The Balaban J connectivity index is 1.44. The largest absolute Gasteiger partial charge is 0.298 e. The summed E-state index contributed by atoms with van der Waals surface area (Å²) in [7, 11) is 0. The van der Waals surface area contributed by atoms with Gasteiger partial charge in [0.25, 0.3) is 0 Å². The van der Waals surface area contributed by atoms with Crippen LogP contribution in [-0.2, 0) is 11.2 Å². The first-order chi connectivity index (χ1) is 12.5. The highest BCUT2D eigenvalue weighted by molar-refractivity contribution is 5.95. The minimum absolute atomic E-state index is 0.139. The van der Waals surface area contributed by atoms with Gasteiger partial charge in [-0.1, -0.05) is 39.0 Å². The number of benzene rings is 1. The summed E-state index contributed by atoms with van der Waals surface area (Å²) in [4.78, 5) is 28.8. The molecule has 0 spiro atoms. The van der Waals surface area contributed by atoms with Crippen LogP contribution in [0.2, 0.25) is 0 Å². The normalized spacial score (nSPS) is 23.1. The molecule has 4 heteroatoms. The molecular weight excluding hydrogens is 324 g/mol. The lowest BCUT2D eigenvalue weighted by molar-refractivity contribution is -0.123. The summed E-state index contributed by atoms with van der Waals surface area (Å²) in [6.45, 7) is 9.78. The zero-order valence-corrected chi connectivity index (χ0v) is 16.4. The van der Waals surface area contributed by atoms with Gasteiger partial charge in [-0.15, -0.1) is 0 Å². The molecule has 2 aliphatic heterocycles. The second kappa shape index (κ2) is 8.45. The van der Waals surface area contributed by atoms with Crippen molar-refractivity contribution < 1.29 is 9.59 Å². The average Bonchev–Trinajstić information content (AvgIpc) is 3.21. The van der Waals surface area contributed by atoms with Crippen LogP contribution < -0.4 is 0 Å². The van der Waals surface area contributed by atoms with E-state index in [4.69, 9.17) is 0 Å². The highest BCUT2D eigenvalue weighted by Crippen LogP contribution is 2.30. The molecule has 0 saturated carbocycles. The minimum Gasteiger partial charge on any atom is -0.298 e. The van der Waals surface area contributed by atoms with Crippen molar-refractivity contribution in [3.8, 4) is 0 Å². The Labute approximate surface area is 157 Å². The molecule has 0 aliphatic carbocycles. The maximum atomic E-state index is 12.0. The highest BCUT2D eigenvalue weighted by atomic mass is 16.1. The van der Waals surface area contributed by atoms with Gasteiger partial charge < -0.3 is 0 Å². The van der Waals surface area contributed by atoms with Gasteiger partial charge in [0.05, 0.1) is 6.54 Å². The second-order valence-electron chi connectivity index (χ2n) is 8.17. The van der Waals surface area contributed by atoms with E-state index in [0.717, 1.165) is 38.0 Å². The Morgan fingerprint density at radius 2 is 1.88 bits per heavy atom. The van der Waals surface area contributed by atoms with E-state index in [2.05, 4.69) is 21.9 Å². The van der Waals surface area contributed by atoms with Gasteiger partial charge in [0.2, 0.25) is 0 Å². The molecule has 26 heavy (non-hydrogen) atoms. The van der Waals surface area contributed by atoms with Crippen LogP contribution in [0.1, 0.15) is 56.0 Å². The van der Waals surface area contributed by atoms with Crippen molar-refractivity contribution in [2.24, 2.45) is 5.92 Å². The number of piperazine rings is 1. The summed E-state index contributed by atoms with van der Waals surface area (Å²) in [5.74, 6) is 0.728. The van der Waals surface area contributed by atoms with Gasteiger partial charge in [-0.25, -0.2) is 0 Å². The Morgan fingerprint density at radius 3 is 2.54 bits per heavy atom. The molecule has 0 N–H and O–H groups in total. The molecule has 2 atom stereocenters. The molecule has 0 aromatic heterocycles. The van der Waals surface area contributed by atoms with Gasteiger partial charge >= 0.3 is 0 Å². The number of carbonyl (C=O) groups excluding carboxylic acids is 2. The zero-order chi connectivity index (χ0) is 18.7. The van der Waals surface area contributed by atoms with E-state index in [-0.39, 0.29) is 11.7 Å². The molecule has 0 radical (unpaired) electrons. The summed E-state index contributed by atoms with van der Waals surface area (Å²) < 4.78 is 0. The third-order valence-corrected chi connectivity index (χ3v) is 5.95. The molecule has 4 nitrogen and oxygen atoms in total. The molecule has 142 valence electrons. The molecule has 2 bridgehead atoms. The minimum atomic E-state index is 0.139. The SMILES string of the molecule is CCC(=O)c1cccc(CCCN2C[C@@H]3C[C@H]2CN3CC(=O)C(C)C)c1. The van der Waals surface area contributed by atoms with E-state index in [0.29, 0.717) is 30.8 Å². The Kier molecular flexibility index (Phi) is 6.25. The molecule has 2 saturated heterocycles. The Hall–Kier alpha value is -1.52. The molecule has 2 aliphatic rings. The molecule has 2 heterocycles. The summed E-state index contributed by atoms with van der Waals surface area (Å²) in [6, 6.07) is 9.28. The topological polar surface area (TPSA) is 40.6 Å². The van der Waals surface area contributed by atoms with Crippen molar-refractivity contribution in [3.05, 3.63) is 35.4 Å². The van der Waals surface area contributed by atoms with Crippen molar-refractivity contribution in [3.63, 3.8) is 0 Å². The van der Waals surface area contributed by atoms with Crippen molar-refractivity contribution in [1.82, 2.24) is 9.80 Å². The number of Topliss-reactive ketones (excluding diaryl/α,β-unsaturated/α-hetero) is 2. The summed E-state index contributed by atoms with van der Waals surface area (Å²) in [5, 5.41) is 0. The van der Waals surface area contributed by atoms with Crippen molar-refractivity contribution in [2.75, 3.05) is 26.2 Å². The van der Waals surface area contributed by atoms with Crippen LogP contribution in [0.15, 0.2) is 24.3 Å². The third-order valence-electron chi connectivity index (χ3n) is 5.95. The van der Waals surface area contributed by atoms with Gasteiger partial charge in [0.15, 0.2) is 5.78 Å². The van der Waals surface area contributed by atoms with Crippen LogP contribution >= 0.6 is 0 Å². The molecule has 0 amide bonds. The summed E-state index contributed by atoms with van der Waals surface area (Å²) in [5.41, 5.74) is 2.11. The fraction of sp³-hybridized carbons (Fsp3) is 0.636. The second-order valence-corrected chi connectivity index (χ2v) is 8.17. The average molecular weight is 357 g/mol. The lowest BCUT2D eigenvalue weighted by atomic mass is 10.0. The highest BCUT2D eigenvalue weighted by Gasteiger charge is 2.43. The van der Waals surface area contributed by atoms with E-state index in [1.807, 2.05) is 32.9 Å². The predicted octanol–water partition coefficient (Wildman–Crippen LogP) is 3.20. The molecule has 2 fully saturated rings. The molecule has 1 aromatic carbocycles. The van der Waals surface area contributed by atoms with Crippen LogP contribution in [0.5, 0.6) is 0 Å². The fourth-order valence-corrected chi connectivity index (χ4v) is 4.27. The first kappa shape index (κ1) is 19.2. The van der Waals surface area contributed by atoms with Crippen LogP contribution in [0, 0.1) is 5.92 Å². The number of hydrogen-bond acceptors (Lipinski definition) is 4. The van der Waals surface area contributed by atoms with Crippen LogP contribution in [0.3, 0.4) is 0 Å². The smallest absolute Gasteiger partial charge is 0.162 e. The van der Waals surface area contributed by atoms with E-state index < -0.39 is 0 Å². The lowest BCUT2D eigenvalue weighted by Gasteiger charge is -2.34. The molecule has 3 rings (SSSR count). The van der Waals surface area contributed by atoms with Crippen molar-refractivity contribution >= 4 is 11.6 Å². The van der Waals surface area contributed by atoms with Crippen LogP contribution in [0.4, 0.5) is 0 Å². The van der Waals surface area contributed by atoms with Gasteiger partial charge in [-0.2, -0.15) is 0 Å². The predicted molar refractivity (Wildman–Crippen MR) is 105 cm³/mol. The number of fused-ring (bicyclic) bond motifs is 2. The first-order valence-corrected chi connectivity index (χ1v) is 10.1. The standard InChI is InChI=1S/C22H32N2O2/c1-4-21(25)18-9-5-7-17(11-18)8-6-10-23-13-20-12-19(23)14-24(20)15-22(26)16(2)3/h5,7,9,11,16,19-20H,4,6,8,10,12-15H2,1-3H3/t19-,20-/m0/s1. The number of likely N-dealkylation sites (tertiary alicyclic amines) is 2. The number of nitrogens with zero attached hydrogens (tertiary/aromatic N) is 2. The third kappa shape index (κ3) is 4.41. The quantitative estimate of drug-likeness (QED) is 0.637. The summed E-state index contributed by atoms with van der Waals surface area (Å²) >= 11 is 0. The maximum Gasteiger partial charge on any atom is 0.162 e. The molecule has 1 aromatic rings. The van der Waals surface area contributed by atoms with Crippen LogP contribution in [-0.4, -0.2) is 59.6 Å². The summed E-state index contributed by atoms with van der Waals surface area (Å²) in [6.07, 6.45) is 3.92. The molecule has 0 unspecified atom stereocenters. The monoisotopic (exact) mass is 356 g/mol. The van der Waals surface area contributed by atoms with Crippen molar-refractivity contribution in [2.45, 2.75) is 58.5 Å². The lowest BCUT2D eigenvalue weighted by Crippen LogP contribution is -2.48. The zero-order valence-electron chi connectivity index (χ0n) is 16.4. The first-order valence-electron chi connectivity index (χ1n) is 10.1. The van der Waals surface area contributed by atoms with Gasteiger partial charge in [0.1, 0.15) is 5.78 Å². The fourth-order valence-electron chi connectivity index (χ4n) is 4.27. The number of hydrogen-bond donors (Lipinski definition) is 0. The number of aryl methyl sites for hydroxylation is 1. The van der Waals surface area contributed by atoms with Gasteiger partial charge in [-0.3, -0.25) is 19.4 Å². The number of rotatable bonds is 9. The Bertz CT molecular complexity index is 655. The number of carbonyl (C=O) groups is 2. The van der Waals surface area contributed by atoms with Gasteiger partial charge in [-0.05, 0) is 37.4 Å². The van der Waals surface area contributed by atoms with E-state index in [1.165, 1.54) is 12.0 Å². The molecular formula is C22H32N2O2.